The number of thiazole rings is 1. The summed E-state index contributed by atoms with van der Waals surface area (Å²) in [5.41, 5.74) is 2.71. The van der Waals surface area contributed by atoms with E-state index < -0.39 is 0 Å². The van der Waals surface area contributed by atoms with Gasteiger partial charge in [-0.15, -0.1) is 11.3 Å². The fourth-order valence-corrected chi connectivity index (χ4v) is 3.65. The molecule has 0 bridgehead atoms. The molecule has 7 nitrogen and oxygen atoms in total. The molecule has 0 unspecified atom stereocenters. The van der Waals surface area contributed by atoms with Crippen LogP contribution in [-0.4, -0.2) is 30.6 Å². The number of aromatic nitrogens is 1. The molecule has 1 heterocycles. The number of ether oxygens (including phenoxy) is 1. The van der Waals surface area contributed by atoms with Crippen LogP contribution in [-0.2, 0) is 17.6 Å². The van der Waals surface area contributed by atoms with E-state index in [2.05, 4.69) is 33.1 Å². The van der Waals surface area contributed by atoms with Crippen molar-refractivity contribution >= 4 is 34.1 Å². The molecule has 0 saturated heterocycles. The van der Waals surface area contributed by atoms with Gasteiger partial charge in [0.25, 0.3) is 0 Å². The fourth-order valence-electron chi connectivity index (χ4n) is 2.91. The zero-order valence-electron chi connectivity index (χ0n) is 17.4. The molecule has 3 aromatic rings. The van der Waals surface area contributed by atoms with Crippen LogP contribution in [0.2, 0.25) is 0 Å². The lowest BCUT2D eigenvalue weighted by Crippen LogP contribution is -2.25. The molecule has 0 aliphatic rings. The second-order valence-corrected chi connectivity index (χ2v) is 7.75. The minimum Gasteiger partial charge on any atom is -0.497 e. The van der Waals surface area contributed by atoms with Crippen LogP contribution < -0.4 is 20.7 Å². The van der Waals surface area contributed by atoms with Crippen molar-refractivity contribution in [2.45, 2.75) is 25.7 Å². The highest BCUT2D eigenvalue weighted by Crippen LogP contribution is 2.18. The zero-order chi connectivity index (χ0) is 21.9. The predicted molar refractivity (Wildman–Crippen MR) is 124 cm³/mol. The molecule has 0 radical (unpaired) electrons. The number of carbonyl (C=O) groups is 2. The Hall–Kier alpha value is -3.39. The van der Waals surface area contributed by atoms with Crippen LogP contribution in [0.5, 0.6) is 5.75 Å². The van der Waals surface area contributed by atoms with Crippen LogP contribution in [0.1, 0.15) is 24.1 Å². The summed E-state index contributed by atoms with van der Waals surface area (Å²) >= 11 is 1.33. The number of benzene rings is 2. The van der Waals surface area contributed by atoms with Crippen molar-refractivity contribution in [3.8, 4) is 5.75 Å². The summed E-state index contributed by atoms with van der Waals surface area (Å²) in [6.07, 6.45) is 2.75. The highest BCUT2D eigenvalue weighted by atomic mass is 32.1. The van der Waals surface area contributed by atoms with E-state index >= 15 is 0 Å². The average Bonchev–Trinajstić information content (AvgIpc) is 3.23. The molecule has 2 aromatic carbocycles. The summed E-state index contributed by atoms with van der Waals surface area (Å²) in [7, 11) is 1.59. The summed E-state index contributed by atoms with van der Waals surface area (Å²) in [5, 5.41) is 10.7. The minimum absolute atomic E-state index is 0.00724. The smallest absolute Gasteiger partial charge is 0.325 e. The third kappa shape index (κ3) is 7.75. The van der Waals surface area contributed by atoms with Crippen LogP contribution in [0, 0.1) is 0 Å². The molecule has 162 valence electrons. The van der Waals surface area contributed by atoms with Crippen molar-refractivity contribution < 1.29 is 14.3 Å². The molecule has 8 heteroatoms. The Morgan fingerprint density at radius 3 is 2.52 bits per heavy atom. The first-order valence-corrected chi connectivity index (χ1v) is 11.0. The number of aryl methyl sites for hydroxylation is 2. The summed E-state index contributed by atoms with van der Waals surface area (Å²) < 4.78 is 5.09. The molecule has 0 aliphatic heterocycles. The van der Waals surface area contributed by atoms with E-state index in [0.29, 0.717) is 30.2 Å². The molecule has 0 aliphatic carbocycles. The Balaban J connectivity index is 1.34. The average molecular weight is 439 g/mol. The van der Waals surface area contributed by atoms with Gasteiger partial charge in [-0.25, -0.2) is 9.78 Å². The monoisotopic (exact) mass is 438 g/mol. The first kappa shape index (κ1) is 22.3. The Morgan fingerprint density at radius 2 is 1.77 bits per heavy atom. The highest BCUT2D eigenvalue weighted by Gasteiger charge is 2.09. The van der Waals surface area contributed by atoms with Crippen molar-refractivity contribution in [2.24, 2.45) is 0 Å². The quantitative estimate of drug-likeness (QED) is 0.407. The lowest BCUT2D eigenvalue weighted by Gasteiger charge is -2.06. The molecule has 31 heavy (non-hydrogen) atoms. The van der Waals surface area contributed by atoms with Crippen LogP contribution in [0.25, 0.3) is 0 Å². The van der Waals surface area contributed by atoms with E-state index in [-0.39, 0.29) is 11.9 Å². The minimum atomic E-state index is -0.373. The number of urea groups is 1. The Labute approximate surface area is 185 Å². The molecule has 1 aromatic heterocycles. The molecule has 0 atom stereocenters. The summed E-state index contributed by atoms with van der Waals surface area (Å²) in [6, 6.07) is 16.9. The Kier molecular flexibility index (Phi) is 8.42. The maximum Gasteiger partial charge on any atom is 0.325 e. The Bertz CT molecular complexity index is 974. The fraction of sp³-hybridized carbons (Fsp3) is 0.261. The van der Waals surface area contributed by atoms with Gasteiger partial charge in [0, 0.05) is 24.0 Å². The molecular formula is C23H26N4O3S. The van der Waals surface area contributed by atoms with E-state index in [1.54, 1.807) is 31.4 Å². The van der Waals surface area contributed by atoms with Crippen molar-refractivity contribution in [3.63, 3.8) is 0 Å². The molecule has 0 fully saturated rings. The maximum absolute atomic E-state index is 12.1. The highest BCUT2D eigenvalue weighted by molar-refractivity contribution is 7.13. The van der Waals surface area contributed by atoms with E-state index in [4.69, 9.17) is 4.74 Å². The second kappa shape index (κ2) is 11.7. The number of amides is 3. The van der Waals surface area contributed by atoms with E-state index in [9.17, 15) is 9.59 Å². The first-order valence-electron chi connectivity index (χ1n) is 10.1. The van der Waals surface area contributed by atoms with Gasteiger partial charge in [0.15, 0.2) is 5.13 Å². The predicted octanol–water partition coefficient (Wildman–Crippen LogP) is 4.48. The van der Waals surface area contributed by atoms with Gasteiger partial charge in [-0.2, -0.15) is 0 Å². The summed E-state index contributed by atoms with van der Waals surface area (Å²) in [4.78, 5) is 28.5. The summed E-state index contributed by atoms with van der Waals surface area (Å²) in [6.45, 7) is 0.656. The van der Waals surface area contributed by atoms with Gasteiger partial charge in [-0.05, 0) is 49.1 Å². The molecule has 0 saturated carbocycles. The van der Waals surface area contributed by atoms with E-state index in [1.807, 2.05) is 23.6 Å². The molecule has 3 N–H and O–H groups in total. The third-order valence-corrected chi connectivity index (χ3v) is 5.34. The zero-order valence-corrected chi connectivity index (χ0v) is 18.2. The molecule has 3 rings (SSSR count). The first-order chi connectivity index (χ1) is 15.1. The number of nitrogens with one attached hydrogen (secondary N) is 3. The van der Waals surface area contributed by atoms with Crippen molar-refractivity contribution in [2.75, 3.05) is 24.3 Å². The molecule has 3 amide bonds. The van der Waals surface area contributed by atoms with Gasteiger partial charge in [0.1, 0.15) is 5.75 Å². The van der Waals surface area contributed by atoms with Gasteiger partial charge < -0.3 is 15.4 Å². The van der Waals surface area contributed by atoms with Gasteiger partial charge in [-0.3, -0.25) is 10.1 Å². The van der Waals surface area contributed by atoms with Gasteiger partial charge >= 0.3 is 6.03 Å². The maximum atomic E-state index is 12.1. The number of hydrogen-bond donors (Lipinski definition) is 3. The van der Waals surface area contributed by atoms with Gasteiger partial charge in [-0.1, -0.05) is 30.3 Å². The van der Waals surface area contributed by atoms with Crippen molar-refractivity contribution in [1.29, 1.82) is 0 Å². The Morgan fingerprint density at radius 1 is 1.00 bits per heavy atom. The number of rotatable bonds is 10. The number of anilines is 2. The normalized spacial score (nSPS) is 10.4. The lowest BCUT2D eigenvalue weighted by atomic mass is 10.1. The van der Waals surface area contributed by atoms with Crippen LogP contribution in [0.3, 0.4) is 0 Å². The standard InChI is InChI=1S/C23H26N4O3S/c1-30-20-12-9-18(10-13-20)25-22(29)27-23-26-19(16-31-23)11-14-21(28)24-15-5-8-17-6-3-2-4-7-17/h2-4,6-7,9-10,12-13,16H,5,8,11,14-15H2,1H3,(H,24,28)(H2,25,26,27,29). The number of methoxy groups -OCH3 is 1. The number of carbonyl (C=O) groups excluding carboxylic acids is 2. The largest absolute Gasteiger partial charge is 0.497 e. The summed E-state index contributed by atoms with van der Waals surface area (Å²) in [5.74, 6) is 0.726. The topological polar surface area (TPSA) is 92.3 Å². The number of hydrogen-bond acceptors (Lipinski definition) is 5. The van der Waals surface area contributed by atoms with E-state index in [1.165, 1.54) is 16.9 Å². The molecular weight excluding hydrogens is 412 g/mol. The van der Waals surface area contributed by atoms with Crippen molar-refractivity contribution in [3.05, 3.63) is 71.2 Å². The van der Waals surface area contributed by atoms with Crippen LogP contribution in [0.15, 0.2) is 60.0 Å². The molecule has 0 spiro atoms. The van der Waals surface area contributed by atoms with Crippen molar-refractivity contribution in [1.82, 2.24) is 10.3 Å². The number of nitrogens with zero attached hydrogens (tertiary/aromatic N) is 1. The second-order valence-electron chi connectivity index (χ2n) is 6.89. The van der Waals surface area contributed by atoms with Crippen LogP contribution >= 0.6 is 11.3 Å². The van der Waals surface area contributed by atoms with E-state index in [0.717, 1.165) is 24.3 Å². The van der Waals surface area contributed by atoms with Gasteiger partial charge in [0.2, 0.25) is 5.91 Å². The lowest BCUT2D eigenvalue weighted by molar-refractivity contribution is -0.121. The van der Waals surface area contributed by atoms with Gasteiger partial charge in [0.05, 0.1) is 12.8 Å². The third-order valence-electron chi connectivity index (χ3n) is 4.54. The van der Waals surface area contributed by atoms with Crippen LogP contribution in [0.4, 0.5) is 15.6 Å². The SMILES string of the molecule is COc1ccc(NC(=O)Nc2nc(CCC(=O)NCCCc3ccccc3)cs2)cc1.